The van der Waals surface area contributed by atoms with Crippen LogP contribution in [-0.2, 0) is 6.42 Å². The fourth-order valence-electron chi connectivity index (χ4n) is 4.51. The third-order valence-electron chi connectivity index (χ3n) is 5.63. The maximum atomic E-state index is 6.84. The van der Waals surface area contributed by atoms with Gasteiger partial charge in [-0.3, -0.25) is 4.90 Å². The lowest BCUT2D eigenvalue weighted by Crippen LogP contribution is -2.52. The van der Waals surface area contributed by atoms with Crippen molar-refractivity contribution in [1.82, 2.24) is 4.90 Å². The van der Waals surface area contributed by atoms with Crippen molar-refractivity contribution >= 4 is 0 Å². The predicted octanol–water partition coefficient (Wildman–Crippen LogP) is 4.05. The van der Waals surface area contributed by atoms with Gasteiger partial charge >= 0.3 is 0 Å². The Kier molecular flexibility index (Phi) is 4.66. The van der Waals surface area contributed by atoms with E-state index in [1.807, 2.05) is 0 Å². The average Bonchev–Trinajstić information content (AvgIpc) is 3.19. The third-order valence-corrected chi connectivity index (χ3v) is 5.63. The Morgan fingerprint density at radius 1 is 1.14 bits per heavy atom. The van der Waals surface area contributed by atoms with E-state index >= 15 is 0 Å². The number of nitrogens with zero attached hydrogens (tertiary/aromatic N) is 1. The molecule has 116 valence electrons. The van der Waals surface area contributed by atoms with Crippen LogP contribution in [0.5, 0.6) is 0 Å². The monoisotopic (exact) mass is 286 g/mol. The quantitative estimate of drug-likeness (QED) is 0.885. The van der Waals surface area contributed by atoms with Gasteiger partial charge < -0.3 is 5.73 Å². The molecule has 1 atom stereocenters. The third kappa shape index (κ3) is 2.89. The molecule has 21 heavy (non-hydrogen) atoms. The molecule has 0 amide bonds. The molecule has 2 nitrogen and oxygen atoms in total. The first kappa shape index (κ1) is 15.1. The number of hydrogen-bond acceptors (Lipinski definition) is 2. The number of rotatable bonds is 5. The molecular weight excluding hydrogens is 256 g/mol. The highest BCUT2D eigenvalue weighted by Crippen LogP contribution is 2.44. The second-order valence-electron chi connectivity index (χ2n) is 6.98. The van der Waals surface area contributed by atoms with Gasteiger partial charge in [0.1, 0.15) is 0 Å². The molecule has 0 spiro atoms. The first-order valence-electron chi connectivity index (χ1n) is 8.86. The lowest BCUT2D eigenvalue weighted by Gasteiger charge is -2.44. The number of likely N-dealkylation sites (tertiary alicyclic amines) is 1. The Balaban J connectivity index is 1.86. The molecule has 1 saturated carbocycles. The van der Waals surface area contributed by atoms with Crippen molar-refractivity contribution in [3.05, 3.63) is 35.4 Å². The summed E-state index contributed by atoms with van der Waals surface area (Å²) < 4.78 is 0. The van der Waals surface area contributed by atoms with Gasteiger partial charge in [-0.1, -0.05) is 50.5 Å². The van der Waals surface area contributed by atoms with Gasteiger partial charge in [0.2, 0.25) is 0 Å². The smallest absolute Gasteiger partial charge is 0.0482 e. The average molecular weight is 286 g/mol. The van der Waals surface area contributed by atoms with Gasteiger partial charge in [0.05, 0.1) is 0 Å². The van der Waals surface area contributed by atoms with Gasteiger partial charge in [0.25, 0.3) is 0 Å². The van der Waals surface area contributed by atoms with E-state index in [-0.39, 0.29) is 11.6 Å². The van der Waals surface area contributed by atoms with Gasteiger partial charge in [0.15, 0.2) is 0 Å². The van der Waals surface area contributed by atoms with E-state index in [9.17, 15) is 0 Å². The van der Waals surface area contributed by atoms with E-state index < -0.39 is 0 Å². The molecule has 1 aromatic carbocycles. The summed E-state index contributed by atoms with van der Waals surface area (Å²) in [6.45, 7) is 4.75. The molecule has 1 saturated heterocycles. The molecule has 2 fully saturated rings. The zero-order valence-corrected chi connectivity index (χ0v) is 13.5. The van der Waals surface area contributed by atoms with Crippen LogP contribution in [0, 0.1) is 0 Å². The van der Waals surface area contributed by atoms with Crippen molar-refractivity contribution in [2.45, 2.75) is 69.9 Å². The second-order valence-corrected chi connectivity index (χ2v) is 6.98. The summed E-state index contributed by atoms with van der Waals surface area (Å²) in [5, 5.41) is 0. The predicted molar refractivity (Wildman–Crippen MR) is 89.4 cm³/mol. The van der Waals surface area contributed by atoms with Gasteiger partial charge in [-0.25, -0.2) is 0 Å². The standard InChI is InChI=1S/C19H30N2/c1-2-8-16-9-7-10-17(15-16)18(20)19(11-3-4-12-19)21-13-5-6-14-21/h7,9-10,15,18H,2-6,8,11-14,20H2,1H3. The molecule has 0 bridgehead atoms. The Hall–Kier alpha value is -0.860. The molecule has 1 aliphatic heterocycles. The molecule has 1 aliphatic carbocycles. The normalized spacial score (nSPS) is 23.5. The summed E-state index contributed by atoms with van der Waals surface area (Å²) in [6.07, 6.45) is 10.3. The van der Waals surface area contributed by atoms with Crippen LogP contribution in [0.4, 0.5) is 0 Å². The van der Waals surface area contributed by atoms with Gasteiger partial charge in [0, 0.05) is 11.6 Å². The zero-order valence-electron chi connectivity index (χ0n) is 13.5. The van der Waals surface area contributed by atoms with Crippen molar-refractivity contribution in [2.75, 3.05) is 13.1 Å². The Morgan fingerprint density at radius 2 is 1.86 bits per heavy atom. The van der Waals surface area contributed by atoms with E-state index in [2.05, 4.69) is 36.1 Å². The minimum absolute atomic E-state index is 0.176. The Morgan fingerprint density at radius 3 is 2.52 bits per heavy atom. The Labute approximate surface area is 129 Å². The van der Waals surface area contributed by atoms with E-state index in [1.54, 1.807) is 0 Å². The first-order chi connectivity index (χ1) is 10.3. The molecule has 0 radical (unpaired) electrons. The highest BCUT2D eigenvalue weighted by Gasteiger charge is 2.45. The van der Waals surface area contributed by atoms with Gasteiger partial charge in [-0.15, -0.1) is 0 Å². The number of nitrogens with two attached hydrogens (primary N) is 1. The SMILES string of the molecule is CCCc1cccc(C(N)C2(N3CCCC3)CCCC2)c1. The maximum absolute atomic E-state index is 6.84. The zero-order chi connectivity index (χ0) is 14.7. The molecule has 0 aromatic heterocycles. The fourth-order valence-corrected chi connectivity index (χ4v) is 4.51. The highest BCUT2D eigenvalue weighted by atomic mass is 15.2. The van der Waals surface area contributed by atoms with Crippen molar-refractivity contribution in [1.29, 1.82) is 0 Å². The van der Waals surface area contributed by atoms with Crippen LogP contribution in [-0.4, -0.2) is 23.5 Å². The van der Waals surface area contributed by atoms with Crippen LogP contribution in [0.1, 0.15) is 69.0 Å². The summed E-state index contributed by atoms with van der Waals surface area (Å²) in [6, 6.07) is 9.24. The summed E-state index contributed by atoms with van der Waals surface area (Å²) in [4.78, 5) is 2.72. The number of hydrogen-bond donors (Lipinski definition) is 1. The lowest BCUT2D eigenvalue weighted by molar-refractivity contribution is 0.0922. The summed E-state index contributed by atoms with van der Waals surface area (Å²) in [5.41, 5.74) is 9.88. The largest absolute Gasteiger partial charge is 0.322 e. The molecule has 2 N–H and O–H groups in total. The van der Waals surface area contributed by atoms with Crippen LogP contribution in [0.15, 0.2) is 24.3 Å². The molecular formula is C19H30N2. The highest BCUT2D eigenvalue weighted by molar-refractivity contribution is 5.29. The van der Waals surface area contributed by atoms with E-state index in [0.29, 0.717) is 0 Å². The van der Waals surface area contributed by atoms with Crippen molar-refractivity contribution in [2.24, 2.45) is 5.73 Å². The van der Waals surface area contributed by atoms with E-state index in [0.717, 1.165) is 6.42 Å². The minimum Gasteiger partial charge on any atom is -0.322 e. The summed E-state index contributed by atoms with van der Waals surface area (Å²) in [5.74, 6) is 0. The van der Waals surface area contributed by atoms with Gasteiger partial charge in [-0.05, 0) is 56.3 Å². The van der Waals surface area contributed by atoms with Crippen LogP contribution in [0.3, 0.4) is 0 Å². The topological polar surface area (TPSA) is 29.3 Å². The first-order valence-corrected chi connectivity index (χ1v) is 8.86. The molecule has 1 aromatic rings. The lowest BCUT2D eigenvalue weighted by atomic mass is 9.82. The molecule has 1 unspecified atom stereocenters. The Bertz CT molecular complexity index is 456. The van der Waals surface area contributed by atoms with Crippen LogP contribution in [0.2, 0.25) is 0 Å². The fraction of sp³-hybridized carbons (Fsp3) is 0.684. The second kappa shape index (κ2) is 6.50. The minimum atomic E-state index is 0.176. The maximum Gasteiger partial charge on any atom is 0.0482 e. The van der Waals surface area contributed by atoms with Crippen molar-refractivity contribution in [3.8, 4) is 0 Å². The number of benzene rings is 1. The molecule has 2 aliphatic rings. The summed E-state index contributed by atoms with van der Waals surface area (Å²) >= 11 is 0. The molecule has 1 heterocycles. The van der Waals surface area contributed by atoms with E-state index in [4.69, 9.17) is 5.73 Å². The van der Waals surface area contributed by atoms with Crippen molar-refractivity contribution in [3.63, 3.8) is 0 Å². The number of aryl methyl sites for hydroxylation is 1. The van der Waals surface area contributed by atoms with Crippen LogP contribution in [0.25, 0.3) is 0 Å². The van der Waals surface area contributed by atoms with E-state index in [1.165, 1.54) is 69.2 Å². The molecule has 2 heteroatoms. The van der Waals surface area contributed by atoms with Crippen LogP contribution >= 0.6 is 0 Å². The van der Waals surface area contributed by atoms with Crippen molar-refractivity contribution < 1.29 is 0 Å². The van der Waals surface area contributed by atoms with Crippen LogP contribution < -0.4 is 5.73 Å². The summed E-state index contributed by atoms with van der Waals surface area (Å²) in [7, 11) is 0. The molecule has 3 rings (SSSR count). The van der Waals surface area contributed by atoms with Gasteiger partial charge in [-0.2, -0.15) is 0 Å².